The summed E-state index contributed by atoms with van der Waals surface area (Å²) in [5, 5.41) is 12.6. The predicted molar refractivity (Wildman–Crippen MR) is 86.0 cm³/mol. The molecule has 4 heteroatoms. The van der Waals surface area contributed by atoms with Crippen LogP contribution in [0.4, 0.5) is 0 Å². The molecule has 0 radical (unpaired) electrons. The standard InChI is InChI=1S/C18H22N4/c19-11-17-2-1-3-18(10-17)21-12-15-4-6-16(7-5-15)13-22-9-8-20-14-22/h4-9,14,17-18,21H,1-3,10,12-13H2/t17-,18+/m0/s1. The van der Waals surface area contributed by atoms with Gasteiger partial charge in [0.25, 0.3) is 0 Å². The Labute approximate surface area is 131 Å². The lowest BCUT2D eigenvalue weighted by molar-refractivity contribution is 0.327. The lowest BCUT2D eigenvalue weighted by Crippen LogP contribution is -2.33. The summed E-state index contributed by atoms with van der Waals surface area (Å²) in [7, 11) is 0. The minimum absolute atomic E-state index is 0.240. The average molecular weight is 294 g/mol. The van der Waals surface area contributed by atoms with Crippen LogP contribution in [-0.2, 0) is 13.1 Å². The van der Waals surface area contributed by atoms with Gasteiger partial charge in [-0.2, -0.15) is 5.26 Å². The zero-order chi connectivity index (χ0) is 15.2. The van der Waals surface area contributed by atoms with Crippen LogP contribution in [0.25, 0.3) is 0 Å². The number of benzene rings is 1. The molecule has 0 unspecified atom stereocenters. The summed E-state index contributed by atoms with van der Waals surface area (Å²) in [6.45, 7) is 1.74. The van der Waals surface area contributed by atoms with Crippen LogP contribution >= 0.6 is 0 Å². The SMILES string of the molecule is N#C[C@H]1CCC[C@@H](NCc2ccc(Cn3ccnc3)cc2)C1. The van der Waals surface area contributed by atoms with Crippen LogP contribution in [0, 0.1) is 17.2 Å². The van der Waals surface area contributed by atoms with E-state index in [1.54, 1.807) is 6.20 Å². The Balaban J connectivity index is 1.50. The maximum absolute atomic E-state index is 9.05. The minimum Gasteiger partial charge on any atom is -0.333 e. The summed E-state index contributed by atoms with van der Waals surface area (Å²) < 4.78 is 2.07. The molecule has 1 fully saturated rings. The second kappa shape index (κ2) is 7.24. The molecule has 0 saturated heterocycles. The first-order valence-electron chi connectivity index (χ1n) is 8.00. The van der Waals surface area contributed by atoms with Crippen LogP contribution in [0.2, 0.25) is 0 Å². The van der Waals surface area contributed by atoms with Crippen molar-refractivity contribution in [2.24, 2.45) is 5.92 Å². The normalized spacial score (nSPS) is 21.4. The highest BCUT2D eigenvalue weighted by atomic mass is 15.0. The maximum Gasteiger partial charge on any atom is 0.0949 e. The van der Waals surface area contributed by atoms with Crippen molar-refractivity contribution < 1.29 is 0 Å². The molecule has 114 valence electrons. The Morgan fingerprint density at radius 3 is 2.77 bits per heavy atom. The van der Waals surface area contributed by atoms with E-state index in [0.717, 1.165) is 25.9 Å². The molecule has 1 aromatic heterocycles. The van der Waals surface area contributed by atoms with Crippen molar-refractivity contribution in [2.45, 2.75) is 44.8 Å². The number of rotatable bonds is 5. The van der Waals surface area contributed by atoms with Gasteiger partial charge in [0.05, 0.1) is 12.4 Å². The Hall–Kier alpha value is -2.12. The highest BCUT2D eigenvalue weighted by molar-refractivity contribution is 5.22. The van der Waals surface area contributed by atoms with Crippen LogP contribution in [0.5, 0.6) is 0 Å². The van der Waals surface area contributed by atoms with Crippen LogP contribution in [0.1, 0.15) is 36.8 Å². The van der Waals surface area contributed by atoms with Crippen LogP contribution in [-0.4, -0.2) is 15.6 Å². The molecule has 1 aromatic carbocycles. The number of aromatic nitrogens is 2. The van der Waals surface area contributed by atoms with E-state index in [1.165, 1.54) is 24.0 Å². The van der Waals surface area contributed by atoms with Crippen molar-refractivity contribution in [2.75, 3.05) is 0 Å². The van der Waals surface area contributed by atoms with Crippen LogP contribution < -0.4 is 5.32 Å². The Morgan fingerprint density at radius 2 is 2.05 bits per heavy atom. The molecule has 0 bridgehead atoms. The number of nitrogens with zero attached hydrogens (tertiary/aromatic N) is 3. The minimum atomic E-state index is 0.240. The second-order valence-corrected chi connectivity index (χ2v) is 6.12. The van der Waals surface area contributed by atoms with Crippen molar-refractivity contribution in [3.63, 3.8) is 0 Å². The third kappa shape index (κ3) is 3.96. The Kier molecular flexibility index (Phi) is 4.87. The number of hydrogen-bond acceptors (Lipinski definition) is 3. The van der Waals surface area contributed by atoms with Gasteiger partial charge in [0.2, 0.25) is 0 Å². The molecule has 0 amide bonds. The summed E-state index contributed by atoms with van der Waals surface area (Å²) in [6.07, 6.45) is 10.0. The summed E-state index contributed by atoms with van der Waals surface area (Å²) in [6, 6.07) is 11.6. The molecule has 0 aliphatic heterocycles. The third-order valence-electron chi connectivity index (χ3n) is 4.40. The summed E-state index contributed by atoms with van der Waals surface area (Å²) in [5.41, 5.74) is 2.58. The van der Waals surface area contributed by atoms with E-state index < -0.39 is 0 Å². The van der Waals surface area contributed by atoms with Gasteiger partial charge in [-0.3, -0.25) is 0 Å². The maximum atomic E-state index is 9.05. The molecule has 1 N–H and O–H groups in total. The zero-order valence-electron chi connectivity index (χ0n) is 12.8. The summed E-state index contributed by atoms with van der Waals surface area (Å²) >= 11 is 0. The fourth-order valence-electron chi connectivity index (χ4n) is 3.11. The number of imidazole rings is 1. The van der Waals surface area contributed by atoms with E-state index in [-0.39, 0.29) is 5.92 Å². The molecular weight excluding hydrogens is 272 g/mol. The fraction of sp³-hybridized carbons (Fsp3) is 0.444. The molecule has 22 heavy (non-hydrogen) atoms. The number of hydrogen-bond donors (Lipinski definition) is 1. The quantitative estimate of drug-likeness (QED) is 0.922. The molecule has 2 aromatic rings. The topological polar surface area (TPSA) is 53.6 Å². The highest BCUT2D eigenvalue weighted by Gasteiger charge is 2.20. The first-order chi connectivity index (χ1) is 10.8. The predicted octanol–water partition coefficient (Wildman–Crippen LogP) is 3.10. The number of nitrogens with one attached hydrogen (secondary N) is 1. The van der Waals surface area contributed by atoms with Crippen LogP contribution in [0.15, 0.2) is 43.0 Å². The Morgan fingerprint density at radius 1 is 1.23 bits per heavy atom. The number of nitriles is 1. The molecule has 1 heterocycles. The van der Waals surface area contributed by atoms with Gasteiger partial charge in [-0.25, -0.2) is 4.98 Å². The highest BCUT2D eigenvalue weighted by Crippen LogP contribution is 2.23. The van der Waals surface area contributed by atoms with E-state index >= 15 is 0 Å². The lowest BCUT2D eigenvalue weighted by atomic mass is 9.86. The molecular formula is C18H22N4. The first kappa shape index (κ1) is 14.8. The van der Waals surface area contributed by atoms with Gasteiger partial charge in [0.1, 0.15) is 0 Å². The largest absolute Gasteiger partial charge is 0.333 e. The van der Waals surface area contributed by atoms with Crippen LogP contribution in [0.3, 0.4) is 0 Å². The first-order valence-corrected chi connectivity index (χ1v) is 8.00. The lowest BCUT2D eigenvalue weighted by Gasteiger charge is -2.26. The third-order valence-corrected chi connectivity index (χ3v) is 4.40. The van der Waals surface area contributed by atoms with Gasteiger partial charge in [-0.15, -0.1) is 0 Å². The van der Waals surface area contributed by atoms with Gasteiger partial charge in [0, 0.05) is 37.4 Å². The molecule has 1 aliphatic carbocycles. The van der Waals surface area contributed by atoms with Crippen molar-refractivity contribution in [3.05, 3.63) is 54.1 Å². The Bertz CT molecular complexity index is 610. The molecule has 3 rings (SSSR count). The summed E-state index contributed by atoms with van der Waals surface area (Å²) in [4.78, 5) is 4.06. The zero-order valence-corrected chi connectivity index (χ0v) is 12.8. The molecule has 2 atom stereocenters. The van der Waals surface area contributed by atoms with Gasteiger partial charge in [-0.05, 0) is 30.4 Å². The van der Waals surface area contributed by atoms with Gasteiger partial charge < -0.3 is 9.88 Å². The van der Waals surface area contributed by atoms with E-state index in [9.17, 15) is 0 Å². The summed E-state index contributed by atoms with van der Waals surface area (Å²) in [5.74, 6) is 0.240. The van der Waals surface area contributed by atoms with Crippen molar-refractivity contribution in [1.82, 2.24) is 14.9 Å². The molecule has 1 saturated carbocycles. The smallest absolute Gasteiger partial charge is 0.0949 e. The van der Waals surface area contributed by atoms with E-state index in [4.69, 9.17) is 5.26 Å². The van der Waals surface area contributed by atoms with Crippen molar-refractivity contribution in [3.8, 4) is 6.07 Å². The van der Waals surface area contributed by atoms with E-state index in [1.807, 2.05) is 12.5 Å². The average Bonchev–Trinajstić information content (AvgIpc) is 3.07. The van der Waals surface area contributed by atoms with E-state index in [2.05, 4.69) is 45.2 Å². The molecule has 1 aliphatic rings. The second-order valence-electron chi connectivity index (χ2n) is 6.12. The molecule has 0 spiro atoms. The van der Waals surface area contributed by atoms with Crippen molar-refractivity contribution >= 4 is 0 Å². The monoisotopic (exact) mass is 294 g/mol. The molecule has 4 nitrogen and oxygen atoms in total. The van der Waals surface area contributed by atoms with Crippen molar-refractivity contribution in [1.29, 1.82) is 5.26 Å². The van der Waals surface area contributed by atoms with E-state index in [0.29, 0.717) is 6.04 Å². The fourth-order valence-corrected chi connectivity index (χ4v) is 3.11. The van der Waals surface area contributed by atoms with Gasteiger partial charge in [0.15, 0.2) is 0 Å². The van der Waals surface area contributed by atoms with Gasteiger partial charge in [-0.1, -0.05) is 30.7 Å². The van der Waals surface area contributed by atoms with Gasteiger partial charge >= 0.3 is 0 Å².